The Morgan fingerprint density at radius 2 is 1.83 bits per heavy atom. The largest absolute Gasteiger partial charge is 0.494 e. The molecular weight excluding hydrogens is 325 g/mol. The van der Waals surface area contributed by atoms with Crippen molar-refractivity contribution >= 4 is 17.7 Å². The predicted molar refractivity (Wildman–Crippen MR) is 96.8 cm³/mol. The summed E-state index contributed by atoms with van der Waals surface area (Å²) in [7, 11) is 3.16. The van der Waals surface area contributed by atoms with Crippen LogP contribution in [0, 0.1) is 12.7 Å². The Hall–Kier alpha value is -2.01. The molecule has 5 heteroatoms. The zero-order valence-electron chi connectivity index (χ0n) is 14.2. The number of amides is 1. The first-order valence-electron chi connectivity index (χ1n) is 7.69. The first-order valence-corrected chi connectivity index (χ1v) is 8.84. The van der Waals surface area contributed by atoms with E-state index in [4.69, 9.17) is 4.74 Å². The minimum Gasteiger partial charge on any atom is -0.494 e. The third-order valence-corrected chi connectivity index (χ3v) is 4.67. The minimum absolute atomic E-state index is 0.0309. The molecule has 3 nitrogen and oxygen atoms in total. The molecule has 0 saturated heterocycles. The number of methoxy groups -OCH3 is 1. The average Bonchev–Trinajstić information content (AvgIpc) is 2.56. The highest BCUT2D eigenvalue weighted by Gasteiger charge is 2.11. The molecule has 0 aliphatic rings. The maximum absolute atomic E-state index is 13.7. The SMILES string of the molecule is COc1ccc(CN(C)C(=O)CSCc2ccc(C)cc2)cc1F. The molecule has 1 amide bonds. The summed E-state index contributed by atoms with van der Waals surface area (Å²) in [5.74, 6) is 1.04. The normalized spacial score (nSPS) is 10.5. The molecule has 2 rings (SSSR count). The van der Waals surface area contributed by atoms with Gasteiger partial charge in [0.15, 0.2) is 11.6 Å². The van der Waals surface area contributed by atoms with Gasteiger partial charge in [-0.2, -0.15) is 0 Å². The van der Waals surface area contributed by atoms with E-state index in [-0.39, 0.29) is 11.7 Å². The molecule has 0 aliphatic carbocycles. The lowest BCUT2D eigenvalue weighted by molar-refractivity contribution is -0.127. The molecule has 0 heterocycles. The van der Waals surface area contributed by atoms with Crippen LogP contribution < -0.4 is 4.74 Å². The molecule has 0 unspecified atom stereocenters. The Kier molecular flexibility index (Phi) is 6.67. The fraction of sp³-hybridized carbons (Fsp3) is 0.316. The second-order valence-corrected chi connectivity index (χ2v) is 6.68. The number of nitrogens with zero attached hydrogens (tertiary/aromatic N) is 1. The summed E-state index contributed by atoms with van der Waals surface area (Å²) in [5, 5.41) is 0. The van der Waals surface area contributed by atoms with Crippen molar-refractivity contribution in [3.63, 3.8) is 0 Å². The summed E-state index contributed by atoms with van der Waals surface area (Å²) < 4.78 is 18.6. The van der Waals surface area contributed by atoms with Crippen molar-refractivity contribution in [3.05, 3.63) is 65.0 Å². The van der Waals surface area contributed by atoms with Gasteiger partial charge in [-0.1, -0.05) is 35.9 Å². The molecule has 0 N–H and O–H groups in total. The fourth-order valence-corrected chi connectivity index (χ4v) is 3.15. The Labute approximate surface area is 146 Å². The van der Waals surface area contributed by atoms with Crippen molar-refractivity contribution in [3.8, 4) is 5.75 Å². The number of ether oxygens (including phenoxy) is 1. The van der Waals surface area contributed by atoms with E-state index in [1.807, 2.05) is 0 Å². The number of aryl methyl sites for hydroxylation is 1. The molecule has 2 aromatic carbocycles. The maximum Gasteiger partial charge on any atom is 0.232 e. The monoisotopic (exact) mass is 347 g/mol. The first-order chi connectivity index (χ1) is 11.5. The third-order valence-electron chi connectivity index (χ3n) is 3.68. The van der Waals surface area contributed by atoms with Gasteiger partial charge in [-0.15, -0.1) is 11.8 Å². The Morgan fingerprint density at radius 1 is 1.17 bits per heavy atom. The molecule has 0 spiro atoms. The molecule has 0 atom stereocenters. The lowest BCUT2D eigenvalue weighted by Gasteiger charge is -2.17. The van der Waals surface area contributed by atoms with Crippen molar-refractivity contribution in [2.75, 3.05) is 19.9 Å². The van der Waals surface area contributed by atoms with Gasteiger partial charge >= 0.3 is 0 Å². The smallest absolute Gasteiger partial charge is 0.232 e. The molecule has 0 aromatic heterocycles. The standard InChI is InChI=1S/C19H22FNO2S/c1-14-4-6-15(7-5-14)12-24-13-19(22)21(2)11-16-8-9-18(23-3)17(20)10-16/h4-10H,11-13H2,1-3H3. The highest BCUT2D eigenvalue weighted by molar-refractivity contribution is 7.99. The Balaban J connectivity index is 1.81. The van der Waals surface area contributed by atoms with E-state index in [0.29, 0.717) is 12.3 Å². The summed E-state index contributed by atoms with van der Waals surface area (Å²) in [6, 6.07) is 13.1. The van der Waals surface area contributed by atoms with Crippen molar-refractivity contribution in [1.82, 2.24) is 4.90 Å². The molecule has 2 aromatic rings. The molecule has 0 aliphatic heterocycles. The lowest BCUT2D eigenvalue weighted by atomic mass is 10.2. The van der Waals surface area contributed by atoms with E-state index >= 15 is 0 Å². The Morgan fingerprint density at radius 3 is 2.46 bits per heavy atom. The van der Waals surface area contributed by atoms with E-state index < -0.39 is 5.82 Å². The van der Waals surface area contributed by atoms with Gasteiger partial charge in [-0.3, -0.25) is 4.79 Å². The van der Waals surface area contributed by atoms with Gasteiger partial charge in [0.2, 0.25) is 5.91 Å². The van der Waals surface area contributed by atoms with Gasteiger partial charge in [0, 0.05) is 19.3 Å². The van der Waals surface area contributed by atoms with Crippen molar-refractivity contribution in [1.29, 1.82) is 0 Å². The lowest BCUT2D eigenvalue weighted by Crippen LogP contribution is -2.27. The average molecular weight is 347 g/mol. The number of hydrogen-bond donors (Lipinski definition) is 0. The summed E-state index contributed by atoms with van der Waals surface area (Å²) in [4.78, 5) is 13.8. The van der Waals surface area contributed by atoms with Crippen LogP contribution >= 0.6 is 11.8 Å². The van der Waals surface area contributed by atoms with Crippen LogP contribution in [0.4, 0.5) is 4.39 Å². The van der Waals surface area contributed by atoms with Crippen molar-refractivity contribution < 1.29 is 13.9 Å². The molecule has 0 saturated carbocycles. The van der Waals surface area contributed by atoms with E-state index in [9.17, 15) is 9.18 Å². The maximum atomic E-state index is 13.7. The highest BCUT2D eigenvalue weighted by Crippen LogP contribution is 2.19. The molecule has 24 heavy (non-hydrogen) atoms. The number of carbonyl (C=O) groups excluding carboxylic acids is 1. The van der Waals surface area contributed by atoms with Gasteiger partial charge in [-0.25, -0.2) is 4.39 Å². The van der Waals surface area contributed by atoms with Crippen LogP contribution in [-0.2, 0) is 17.1 Å². The number of hydrogen-bond acceptors (Lipinski definition) is 3. The predicted octanol–water partition coefficient (Wildman–Crippen LogP) is 4.03. The van der Waals surface area contributed by atoms with Crippen LogP contribution in [0.3, 0.4) is 0 Å². The zero-order chi connectivity index (χ0) is 17.5. The molecular formula is C19H22FNO2S. The number of carbonyl (C=O) groups is 1. The quantitative estimate of drug-likeness (QED) is 0.757. The molecule has 0 bridgehead atoms. The highest BCUT2D eigenvalue weighted by atomic mass is 32.2. The third kappa shape index (κ3) is 5.27. The summed E-state index contributed by atoms with van der Waals surface area (Å²) >= 11 is 1.58. The number of benzene rings is 2. The van der Waals surface area contributed by atoms with Crippen LogP contribution in [0.5, 0.6) is 5.75 Å². The number of halogens is 1. The molecule has 128 valence electrons. The van der Waals surface area contributed by atoms with Gasteiger partial charge in [0.25, 0.3) is 0 Å². The van der Waals surface area contributed by atoms with Gasteiger partial charge in [0.05, 0.1) is 12.9 Å². The summed E-state index contributed by atoms with van der Waals surface area (Å²) in [5.41, 5.74) is 3.18. The van der Waals surface area contributed by atoms with Crippen LogP contribution in [0.2, 0.25) is 0 Å². The van der Waals surface area contributed by atoms with Crippen LogP contribution in [0.15, 0.2) is 42.5 Å². The second-order valence-electron chi connectivity index (χ2n) is 5.70. The molecule has 0 fully saturated rings. The van der Waals surface area contributed by atoms with Crippen LogP contribution in [-0.4, -0.2) is 30.7 Å². The van der Waals surface area contributed by atoms with Gasteiger partial charge in [0.1, 0.15) is 0 Å². The number of rotatable bonds is 7. The summed E-state index contributed by atoms with van der Waals surface area (Å²) in [6.45, 7) is 2.43. The van der Waals surface area contributed by atoms with E-state index in [0.717, 1.165) is 11.3 Å². The van der Waals surface area contributed by atoms with Crippen LogP contribution in [0.1, 0.15) is 16.7 Å². The van der Waals surface area contributed by atoms with Gasteiger partial charge in [-0.05, 0) is 30.2 Å². The summed E-state index contributed by atoms with van der Waals surface area (Å²) in [6.07, 6.45) is 0. The first kappa shape index (κ1) is 18.3. The topological polar surface area (TPSA) is 29.5 Å². The minimum atomic E-state index is -0.412. The Bertz CT molecular complexity index is 688. The number of thioether (sulfide) groups is 1. The van der Waals surface area contributed by atoms with E-state index in [2.05, 4.69) is 31.2 Å². The van der Waals surface area contributed by atoms with E-state index in [1.54, 1.807) is 35.8 Å². The van der Waals surface area contributed by atoms with Gasteiger partial charge < -0.3 is 9.64 Å². The van der Waals surface area contributed by atoms with Crippen LogP contribution in [0.25, 0.3) is 0 Å². The van der Waals surface area contributed by atoms with Crippen molar-refractivity contribution in [2.24, 2.45) is 0 Å². The van der Waals surface area contributed by atoms with Crippen molar-refractivity contribution in [2.45, 2.75) is 19.2 Å². The van der Waals surface area contributed by atoms with E-state index in [1.165, 1.54) is 24.3 Å². The zero-order valence-corrected chi connectivity index (χ0v) is 15.0. The molecule has 0 radical (unpaired) electrons. The second kappa shape index (κ2) is 8.73. The fourth-order valence-electron chi connectivity index (χ4n) is 2.22.